The topological polar surface area (TPSA) is 62.1 Å². The molecule has 2 aromatic heterocycles. The molecule has 0 saturated carbocycles. The first-order chi connectivity index (χ1) is 11.8. The molecule has 2 saturated heterocycles. The van der Waals surface area contributed by atoms with Crippen molar-refractivity contribution in [2.24, 2.45) is 0 Å². The van der Waals surface area contributed by atoms with Crippen LogP contribution in [0.15, 0.2) is 30.6 Å². The molecule has 1 N–H and O–H groups in total. The van der Waals surface area contributed by atoms with Crippen LogP contribution in [0.4, 0.5) is 0 Å². The summed E-state index contributed by atoms with van der Waals surface area (Å²) in [5.74, 6) is 0.120. The van der Waals surface area contributed by atoms with Gasteiger partial charge >= 0.3 is 0 Å². The SMILES string of the molecule is O=C(C1CNCCO1)N1CCN(Cc2cn3ccccc3n2)CC1. The van der Waals surface area contributed by atoms with Crippen LogP contribution in [-0.2, 0) is 16.1 Å². The van der Waals surface area contributed by atoms with E-state index in [0.29, 0.717) is 13.2 Å². The second-order valence-corrected chi connectivity index (χ2v) is 6.36. The lowest BCUT2D eigenvalue weighted by Gasteiger charge is -2.36. The number of hydrogen-bond donors (Lipinski definition) is 1. The zero-order valence-corrected chi connectivity index (χ0v) is 13.7. The quantitative estimate of drug-likeness (QED) is 0.857. The smallest absolute Gasteiger partial charge is 0.253 e. The lowest BCUT2D eigenvalue weighted by atomic mass is 10.2. The van der Waals surface area contributed by atoms with Gasteiger partial charge in [-0.05, 0) is 12.1 Å². The van der Waals surface area contributed by atoms with Crippen LogP contribution in [0, 0.1) is 0 Å². The summed E-state index contributed by atoms with van der Waals surface area (Å²) in [6, 6.07) is 6.02. The largest absolute Gasteiger partial charge is 0.366 e. The molecular weight excluding hydrogens is 306 g/mol. The number of nitrogens with zero attached hydrogens (tertiary/aromatic N) is 4. The van der Waals surface area contributed by atoms with Crippen molar-refractivity contribution in [1.29, 1.82) is 0 Å². The third-order valence-electron chi connectivity index (χ3n) is 4.69. The van der Waals surface area contributed by atoms with Gasteiger partial charge in [0.05, 0.1) is 12.3 Å². The normalized spacial score (nSPS) is 22.8. The Kier molecular flexibility index (Phi) is 4.46. The second kappa shape index (κ2) is 6.88. The Balaban J connectivity index is 1.31. The van der Waals surface area contributed by atoms with Gasteiger partial charge in [-0.15, -0.1) is 0 Å². The van der Waals surface area contributed by atoms with Crippen LogP contribution >= 0.6 is 0 Å². The van der Waals surface area contributed by atoms with Crippen LogP contribution in [0.3, 0.4) is 0 Å². The van der Waals surface area contributed by atoms with E-state index in [4.69, 9.17) is 4.74 Å². The van der Waals surface area contributed by atoms with Gasteiger partial charge in [0.25, 0.3) is 5.91 Å². The number of carbonyl (C=O) groups is 1. The van der Waals surface area contributed by atoms with Crippen LogP contribution in [-0.4, -0.2) is 77.1 Å². The van der Waals surface area contributed by atoms with E-state index < -0.39 is 0 Å². The first-order valence-corrected chi connectivity index (χ1v) is 8.56. The molecule has 0 spiro atoms. The van der Waals surface area contributed by atoms with Gasteiger partial charge in [0.1, 0.15) is 11.8 Å². The van der Waals surface area contributed by atoms with E-state index in [1.807, 2.05) is 33.7 Å². The van der Waals surface area contributed by atoms with Crippen LogP contribution in [0.1, 0.15) is 5.69 Å². The molecule has 2 aromatic rings. The van der Waals surface area contributed by atoms with Crippen molar-refractivity contribution < 1.29 is 9.53 Å². The number of aromatic nitrogens is 2. The highest BCUT2D eigenvalue weighted by molar-refractivity contribution is 5.81. The van der Waals surface area contributed by atoms with Crippen molar-refractivity contribution >= 4 is 11.6 Å². The van der Waals surface area contributed by atoms with Crippen molar-refractivity contribution in [3.8, 4) is 0 Å². The average Bonchev–Trinajstić information content (AvgIpc) is 3.05. The van der Waals surface area contributed by atoms with Crippen molar-refractivity contribution in [2.75, 3.05) is 45.9 Å². The number of nitrogens with one attached hydrogen (secondary N) is 1. The maximum atomic E-state index is 12.5. The number of rotatable bonds is 3. The van der Waals surface area contributed by atoms with Crippen molar-refractivity contribution in [3.63, 3.8) is 0 Å². The molecule has 0 bridgehead atoms. The van der Waals surface area contributed by atoms with Gasteiger partial charge < -0.3 is 19.4 Å². The highest BCUT2D eigenvalue weighted by atomic mass is 16.5. The third kappa shape index (κ3) is 3.28. The molecule has 2 aliphatic heterocycles. The number of hydrogen-bond acceptors (Lipinski definition) is 5. The van der Waals surface area contributed by atoms with E-state index in [0.717, 1.165) is 50.6 Å². The minimum Gasteiger partial charge on any atom is -0.366 e. The molecular formula is C17H23N5O2. The number of pyridine rings is 1. The molecule has 128 valence electrons. The standard InChI is InChI=1S/C17H23N5O2/c23-17(15-11-18-4-10-24-15)21-8-6-20(7-9-21)12-14-13-22-5-2-1-3-16(22)19-14/h1-3,5,13,15,18H,4,6-12H2. The highest BCUT2D eigenvalue weighted by Crippen LogP contribution is 2.11. The maximum Gasteiger partial charge on any atom is 0.253 e. The Labute approximate surface area is 141 Å². The average molecular weight is 329 g/mol. The molecule has 1 amide bonds. The molecule has 2 fully saturated rings. The van der Waals surface area contributed by atoms with Crippen LogP contribution in [0.2, 0.25) is 0 Å². The summed E-state index contributed by atoms with van der Waals surface area (Å²) >= 11 is 0. The third-order valence-corrected chi connectivity index (χ3v) is 4.69. The maximum absolute atomic E-state index is 12.5. The molecule has 0 radical (unpaired) electrons. The minimum absolute atomic E-state index is 0.120. The van der Waals surface area contributed by atoms with E-state index in [-0.39, 0.29) is 12.0 Å². The summed E-state index contributed by atoms with van der Waals surface area (Å²) in [6.07, 6.45) is 3.78. The fourth-order valence-corrected chi connectivity index (χ4v) is 3.35. The monoisotopic (exact) mass is 329 g/mol. The van der Waals surface area contributed by atoms with Crippen molar-refractivity contribution in [3.05, 3.63) is 36.3 Å². The number of amides is 1. The van der Waals surface area contributed by atoms with Gasteiger partial charge in [0.2, 0.25) is 0 Å². The number of ether oxygens (including phenoxy) is 1. The molecule has 7 nitrogen and oxygen atoms in total. The molecule has 7 heteroatoms. The molecule has 2 aliphatic rings. The van der Waals surface area contributed by atoms with E-state index in [9.17, 15) is 4.79 Å². The van der Waals surface area contributed by atoms with Gasteiger partial charge in [-0.25, -0.2) is 4.98 Å². The molecule has 1 atom stereocenters. The summed E-state index contributed by atoms with van der Waals surface area (Å²) < 4.78 is 7.61. The van der Waals surface area contributed by atoms with Crippen molar-refractivity contribution in [2.45, 2.75) is 12.6 Å². The molecule has 0 aromatic carbocycles. The van der Waals surface area contributed by atoms with Crippen LogP contribution in [0.5, 0.6) is 0 Å². The minimum atomic E-state index is -0.316. The van der Waals surface area contributed by atoms with Crippen molar-refractivity contribution in [1.82, 2.24) is 24.5 Å². The molecule has 1 unspecified atom stereocenters. The lowest BCUT2D eigenvalue weighted by molar-refractivity contribution is -0.147. The van der Waals surface area contributed by atoms with Gasteiger partial charge in [0.15, 0.2) is 0 Å². The number of carbonyl (C=O) groups excluding carboxylic acids is 1. The van der Waals surface area contributed by atoms with E-state index in [2.05, 4.69) is 21.4 Å². The first-order valence-electron chi connectivity index (χ1n) is 8.56. The van der Waals surface area contributed by atoms with E-state index >= 15 is 0 Å². The Hall–Kier alpha value is -1.96. The number of imidazole rings is 1. The zero-order chi connectivity index (χ0) is 16.4. The molecule has 4 heterocycles. The fourth-order valence-electron chi connectivity index (χ4n) is 3.35. The van der Waals surface area contributed by atoms with Gasteiger partial charge in [-0.3, -0.25) is 9.69 Å². The van der Waals surface area contributed by atoms with Crippen LogP contribution in [0.25, 0.3) is 5.65 Å². The Morgan fingerprint density at radius 3 is 2.92 bits per heavy atom. The predicted octanol–water partition coefficient (Wildman–Crippen LogP) is -0.0331. The number of piperazine rings is 1. The molecule has 24 heavy (non-hydrogen) atoms. The van der Waals surface area contributed by atoms with Gasteiger partial charge in [-0.1, -0.05) is 6.07 Å². The Morgan fingerprint density at radius 1 is 1.29 bits per heavy atom. The van der Waals surface area contributed by atoms with Gasteiger partial charge in [0, 0.05) is 58.2 Å². The molecule has 0 aliphatic carbocycles. The zero-order valence-electron chi connectivity index (χ0n) is 13.7. The summed E-state index contributed by atoms with van der Waals surface area (Å²) in [6.45, 7) is 6.16. The lowest BCUT2D eigenvalue weighted by Crippen LogP contribution is -2.54. The highest BCUT2D eigenvalue weighted by Gasteiger charge is 2.29. The predicted molar refractivity (Wildman–Crippen MR) is 89.7 cm³/mol. The van der Waals surface area contributed by atoms with Gasteiger partial charge in [-0.2, -0.15) is 0 Å². The van der Waals surface area contributed by atoms with E-state index in [1.165, 1.54) is 0 Å². The number of morpholine rings is 1. The second-order valence-electron chi connectivity index (χ2n) is 6.36. The molecule has 4 rings (SSSR count). The fraction of sp³-hybridized carbons (Fsp3) is 0.529. The summed E-state index contributed by atoms with van der Waals surface area (Å²) in [7, 11) is 0. The Bertz CT molecular complexity index is 669. The first kappa shape index (κ1) is 15.6. The summed E-state index contributed by atoms with van der Waals surface area (Å²) in [5, 5.41) is 3.22. The summed E-state index contributed by atoms with van der Waals surface area (Å²) in [5.41, 5.74) is 2.05. The number of fused-ring (bicyclic) bond motifs is 1. The Morgan fingerprint density at radius 2 is 2.17 bits per heavy atom. The van der Waals surface area contributed by atoms with Crippen LogP contribution < -0.4 is 5.32 Å². The van der Waals surface area contributed by atoms with E-state index in [1.54, 1.807) is 0 Å². The summed E-state index contributed by atoms with van der Waals surface area (Å²) in [4.78, 5) is 21.4.